The normalized spacial score (nSPS) is 10.6. The summed E-state index contributed by atoms with van der Waals surface area (Å²) in [4.78, 5) is 27.5. The molecule has 0 aliphatic heterocycles. The van der Waals surface area contributed by atoms with Crippen molar-refractivity contribution in [2.24, 2.45) is 0 Å². The zero-order chi connectivity index (χ0) is 23.2. The highest BCUT2D eigenvalue weighted by Crippen LogP contribution is 2.28. The number of hydrogen-bond donors (Lipinski definition) is 0. The second kappa shape index (κ2) is 9.95. The second-order valence-corrected chi connectivity index (χ2v) is 7.32. The molecule has 8 nitrogen and oxygen atoms in total. The number of nitrogens with zero attached hydrogens (tertiary/aromatic N) is 4. The molecule has 0 radical (unpaired) electrons. The maximum absolute atomic E-state index is 12.3. The molecule has 2 heterocycles. The van der Waals surface area contributed by atoms with Gasteiger partial charge >= 0.3 is 5.97 Å². The van der Waals surface area contributed by atoms with Gasteiger partial charge in [-0.25, -0.2) is 14.8 Å². The molecule has 168 valence electrons. The lowest BCUT2D eigenvalue weighted by Gasteiger charge is -2.25. The van der Waals surface area contributed by atoms with Gasteiger partial charge in [-0.2, -0.15) is 0 Å². The molecule has 0 atom stereocenters. The Bertz CT molecular complexity index is 1190. The Morgan fingerprint density at radius 1 is 0.818 bits per heavy atom. The van der Waals surface area contributed by atoms with Crippen molar-refractivity contribution in [3.05, 3.63) is 83.9 Å². The molecule has 0 bridgehead atoms. The number of carbonyl (C=O) groups excluding carboxylic acids is 1. The van der Waals surface area contributed by atoms with Crippen LogP contribution in [-0.4, -0.2) is 42.3 Å². The molecule has 4 aromatic rings. The fourth-order valence-corrected chi connectivity index (χ4v) is 3.59. The van der Waals surface area contributed by atoms with Crippen LogP contribution in [0.4, 0.5) is 5.82 Å². The van der Waals surface area contributed by atoms with Crippen LogP contribution in [0.25, 0.3) is 10.9 Å². The Morgan fingerprint density at radius 3 is 1.91 bits per heavy atom. The number of fused-ring (bicyclic) bond motifs is 1. The Hall–Kier alpha value is -4.20. The van der Waals surface area contributed by atoms with E-state index in [1.165, 1.54) is 19.6 Å². The Balaban J connectivity index is 1.77. The maximum Gasteiger partial charge on any atom is 0.341 e. The predicted molar refractivity (Wildman–Crippen MR) is 125 cm³/mol. The monoisotopic (exact) mass is 444 g/mol. The van der Waals surface area contributed by atoms with E-state index in [4.69, 9.17) is 14.2 Å². The number of benzene rings is 2. The van der Waals surface area contributed by atoms with Crippen LogP contribution >= 0.6 is 0 Å². The second-order valence-electron chi connectivity index (χ2n) is 7.32. The fraction of sp³-hybridized carbons (Fsp3) is 0.200. The van der Waals surface area contributed by atoms with E-state index >= 15 is 0 Å². The minimum Gasteiger partial charge on any atom is -0.497 e. The number of methoxy groups -OCH3 is 3. The summed E-state index contributed by atoms with van der Waals surface area (Å²) in [7, 11) is 4.62. The highest BCUT2D eigenvalue weighted by molar-refractivity contribution is 6.04. The number of carbonyl (C=O) groups is 1. The molecule has 33 heavy (non-hydrogen) atoms. The molecular weight excluding hydrogens is 420 g/mol. The average molecular weight is 444 g/mol. The molecule has 0 aliphatic rings. The molecule has 0 unspecified atom stereocenters. The summed E-state index contributed by atoms with van der Waals surface area (Å²) in [5.41, 5.74) is 2.95. The summed E-state index contributed by atoms with van der Waals surface area (Å²) in [6, 6.07) is 15.8. The summed E-state index contributed by atoms with van der Waals surface area (Å²) in [5.74, 6) is 1.76. The third-order valence-corrected chi connectivity index (χ3v) is 5.30. The molecule has 0 amide bonds. The van der Waals surface area contributed by atoms with Crippen molar-refractivity contribution in [3.8, 4) is 11.5 Å². The number of hydrogen-bond acceptors (Lipinski definition) is 8. The van der Waals surface area contributed by atoms with Gasteiger partial charge in [0.2, 0.25) is 0 Å². The molecule has 0 aliphatic carbocycles. The Kier molecular flexibility index (Phi) is 6.64. The minimum absolute atomic E-state index is 0.299. The molecule has 0 saturated carbocycles. The zero-order valence-corrected chi connectivity index (χ0v) is 18.7. The highest BCUT2D eigenvalue weighted by Gasteiger charge is 2.19. The van der Waals surface area contributed by atoms with Crippen LogP contribution in [0.15, 0.2) is 67.3 Å². The first-order valence-corrected chi connectivity index (χ1v) is 10.3. The molecule has 2 aromatic carbocycles. The van der Waals surface area contributed by atoms with Gasteiger partial charge in [-0.1, -0.05) is 24.3 Å². The summed E-state index contributed by atoms with van der Waals surface area (Å²) in [5, 5.41) is 0.669. The smallest absolute Gasteiger partial charge is 0.341 e. The standard InChI is InChI=1S/C25H24N4O4/c1-31-19-8-4-17(5-9-19)14-29(15-18-6-10-20(32-2)11-7-18)24-21-12-26-13-22(25(30)33-3)23(21)27-16-28-24/h4-13,16H,14-15H2,1-3H3. The average Bonchev–Trinajstić information content (AvgIpc) is 2.88. The van der Waals surface area contributed by atoms with Crippen LogP contribution < -0.4 is 14.4 Å². The first kappa shape index (κ1) is 22.0. The van der Waals surface area contributed by atoms with Crippen molar-refractivity contribution in [1.29, 1.82) is 0 Å². The van der Waals surface area contributed by atoms with Crippen molar-refractivity contribution in [1.82, 2.24) is 15.0 Å². The van der Waals surface area contributed by atoms with Crippen LogP contribution in [0.2, 0.25) is 0 Å². The van der Waals surface area contributed by atoms with Crippen LogP contribution in [0, 0.1) is 0 Å². The Labute approximate surface area is 191 Å². The third-order valence-electron chi connectivity index (χ3n) is 5.30. The molecule has 0 saturated heterocycles. The van der Waals surface area contributed by atoms with E-state index in [-0.39, 0.29) is 0 Å². The van der Waals surface area contributed by atoms with Gasteiger partial charge in [0.25, 0.3) is 0 Å². The van der Waals surface area contributed by atoms with E-state index in [2.05, 4.69) is 19.9 Å². The van der Waals surface area contributed by atoms with Gasteiger partial charge in [0.1, 0.15) is 29.2 Å². The topological polar surface area (TPSA) is 86.7 Å². The minimum atomic E-state index is -0.491. The van der Waals surface area contributed by atoms with Gasteiger partial charge in [0.05, 0.1) is 32.2 Å². The summed E-state index contributed by atoms with van der Waals surface area (Å²) < 4.78 is 15.5. The fourth-order valence-electron chi connectivity index (χ4n) is 3.59. The number of ether oxygens (including phenoxy) is 3. The van der Waals surface area contributed by atoms with Gasteiger partial charge in [-0.15, -0.1) is 0 Å². The number of esters is 1. The summed E-state index contributed by atoms with van der Waals surface area (Å²) >= 11 is 0. The lowest BCUT2D eigenvalue weighted by atomic mass is 10.1. The molecule has 8 heteroatoms. The van der Waals surface area contributed by atoms with Gasteiger partial charge in [0, 0.05) is 25.5 Å². The molecule has 0 N–H and O–H groups in total. The summed E-state index contributed by atoms with van der Waals surface area (Å²) in [6.07, 6.45) is 4.59. The van der Waals surface area contributed by atoms with E-state index < -0.39 is 5.97 Å². The van der Waals surface area contributed by atoms with Crippen molar-refractivity contribution >= 4 is 22.7 Å². The van der Waals surface area contributed by atoms with Gasteiger partial charge in [-0.3, -0.25) is 4.98 Å². The number of aromatic nitrogens is 3. The summed E-state index contributed by atoms with van der Waals surface area (Å²) in [6.45, 7) is 1.15. The molecule has 0 spiro atoms. The van der Waals surface area contributed by atoms with E-state index in [1.54, 1.807) is 20.4 Å². The van der Waals surface area contributed by atoms with E-state index in [1.807, 2.05) is 48.5 Å². The number of rotatable bonds is 8. The van der Waals surface area contributed by atoms with Gasteiger partial charge in [-0.05, 0) is 35.4 Å². The molecule has 4 rings (SSSR count). The zero-order valence-electron chi connectivity index (χ0n) is 18.7. The van der Waals surface area contributed by atoms with Crippen LogP contribution in [0.3, 0.4) is 0 Å². The van der Waals surface area contributed by atoms with Crippen molar-refractivity contribution in [2.75, 3.05) is 26.2 Å². The lowest BCUT2D eigenvalue weighted by Crippen LogP contribution is -2.24. The molecular formula is C25H24N4O4. The van der Waals surface area contributed by atoms with E-state index in [0.29, 0.717) is 35.4 Å². The quantitative estimate of drug-likeness (QED) is 0.377. The predicted octanol–water partition coefficient (Wildman–Crippen LogP) is 4.04. The SMILES string of the molecule is COC(=O)c1cncc2c(N(Cc3ccc(OC)cc3)Cc3ccc(OC)cc3)ncnc12. The largest absolute Gasteiger partial charge is 0.497 e. The number of anilines is 1. The van der Waals surface area contributed by atoms with Gasteiger partial charge < -0.3 is 19.1 Å². The van der Waals surface area contributed by atoms with Crippen LogP contribution in [0.5, 0.6) is 11.5 Å². The van der Waals surface area contributed by atoms with E-state index in [0.717, 1.165) is 22.6 Å². The number of pyridine rings is 1. The van der Waals surface area contributed by atoms with Crippen molar-refractivity contribution in [3.63, 3.8) is 0 Å². The van der Waals surface area contributed by atoms with Crippen molar-refractivity contribution in [2.45, 2.75) is 13.1 Å². The highest BCUT2D eigenvalue weighted by atomic mass is 16.5. The third kappa shape index (κ3) is 4.85. The van der Waals surface area contributed by atoms with Crippen LogP contribution in [-0.2, 0) is 17.8 Å². The lowest BCUT2D eigenvalue weighted by molar-refractivity contribution is 0.0602. The molecule has 0 fully saturated rings. The molecule has 2 aromatic heterocycles. The van der Waals surface area contributed by atoms with Crippen molar-refractivity contribution < 1.29 is 19.0 Å². The first-order chi connectivity index (χ1) is 16.1. The first-order valence-electron chi connectivity index (χ1n) is 10.3. The maximum atomic E-state index is 12.3. The van der Waals surface area contributed by atoms with Crippen LogP contribution in [0.1, 0.15) is 21.5 Å². The Morgan fingerprint density at radius 2 is 1.39 bits per heavy atom. The van der Waals surface area contributed by atoms with E-state index in [9.17, 15) is 4.79 Å². The van der Waals surface area contributed by atoms with Gasteiger partial charge in [0.15, 0.2) is 0 Å².